The maximum absolute atomic E-state index is 13.7. The standard InChI is InChI=1S/C28H38N2O7S/c1-35-23-11-13-25(14-12-23)38(33,34)30(18-22-9-5-6-10-22)19-27(31)26(17-21-7-3-2-4-8-21)29-28(32)37-24-15-16-36-20-24/h2-4,7-8,11-14,22,24,26-27,31H,5-6,9-10,15-20H2,1H3,(H,29,32)/t24-,26?,27-/m0/s1. The molecule has 3 atom stereocenters. The van der Waals surface area contributed by atoms with E-state index in [4.69, 9.17) is 14.2 Å². The number of alkyl carbamates (subject to hydrolysis) is 1. The summed E-state index contributed by atoms with van der Waals surface area (Å²) >= 11 is 0. The number of hydrogen-bond donors (Lipinski definition) is 2. The van der Waals surface area contributed by atoms with Crippen molar-refractivity contribution in [2.24, 2.45) is 5.92 Å². The Hall–Kier alpha value is -2.66. The SMILES string of the molecule is COc1ccc(S(=O)(=O)N(CC2CCCC2)C[C@H](O)C(Cc2ccccc2)NC(=O)O[C@H]2CCOC2)cc1. The lowest BCUT2D eigenvalue weighted by Crippen LogP contribution is -2.51. The number of methoxy groups -OCH3 is 1. The number of aliphatic hydroxyl groups excluding tert-OH is 1. The molecule has 2 aromatic rings. The van der Waals surface area contributed by atoms with Crippen molar-refractivity contribution in [2.45, 2.75) is 61.7 Å². The molecule has 10 heteroatoms. The zero-order valence-electron chi connectivity index (χ0n) is 21.8. The first-order valence-electron chi connectivity index (χ1n) is 13.3. The summed E-state index contributed by atoms with van der Waals surface area (Å²) in [5, 5.41) is 14.2. The van der Waals surface area contributed by atoms with Crippen molar-refractivity contribution in [3.8, 4) is 5.75 Å². The fourth-order valence-electron chi connectivity index (χ4n) is 5.08. The van der Waals surface area contributed by atoms with Crippen LogP contribution in [0.4, 0.5) is 4.79 Å². The second kappa shape index (κ2) is 13.4. The Morgan fingerprint density at radius 3 is 2.45 bits per heavy atom. The van der Waals surface area contributed by atoms with Gasteiger partial charge in [0.2, 0.25) is 10.0 Å². The van der Waals surface area contributed by atoms with Gasteiger partial charge < -0.3 is 24.6 Å². The second-order valence-corrected chi connectivity index (χ2v) is 12.0. The molecule has 0 aromatic heterocycles. The van der Waals surface area contributed by atoms with Crippen LogP contribution in [0.15, 0.2) is 59.5 Å². The van der Waals surface area contributed by atoms with Crippen molar-refractivity contribution in [2.75, 3.05) is 33.4 Å². The molecule has 2 fully saturated rings. The van der Waals surface area contributed by atoms with Crippen LogP contribution in [0, 0.1) is 5.92 Å². The molecule has 2 aliphatic rings. The summed E-state index contributed by atoms with van der Waals surface area (Å²) in [6.07, 6.45) is 2.82. The minimum absolute atomic E-state index is 0.136. The molecule has 1 aliphatic carbocycles. The second-order valence-electron chi connectivity index (χ2n) is 10.0. The van der Waals surface area contributed by atoms with E-state index in [9.17, 15) is 18.3 Å². The molecule has 0 radical (unpaired) electrons. The van der Waals surface area contributed by atoms with Gasteiger partial charge in [0.05, 0.1) is 37.4 Å². The highest BCUT2D eigenvalue weighted by Gasteiger charge is 2.34. The van der Waals surface area contributed by atoms with Gasteiger partial charge in [-0.25, -0.2) is 13.2 Å². The fraction of sp³-hybridized carbons (Fsp3) is 0.536. The minimum Gasteiger partial charge on any atom is -0.497 e. The van der Waals surface area contributed by atoms with Gasteiger partial charge >= 0.3 is 6.09 Å². The molecule has 9 nitrogen and oxygen atoms in total. The van der Waals surface area contributed by atoms with Crippen LogP contribution >= 0.6 is 0 Å². The van der Waals surface area contributed by atoms with Crippen molar-refractivity contribution in [3.63, 3.8) is 0 Å². The fourth-order valence-corrected chi connectivity index (χ4v) is 6.61. The molecule has 4 rings (SSSR count). The predicted molar refractivity (Wildman–Crippen MR) is 142 cm³/mol. The van der Waals surface area contributed by atoms with Crippen LogP contribution in [0.25, 0.3) is 0 Å². The van der Waals surface area contributed by atoms with Crippen LogP contribution in [0.1, 0.15) is 37.7 Å². The van der Waals surface area contributed by atoms with Gasteiger partial charge in [-0.1, -0.05) is 43.2 Å². The van der Waals surface area contributed by atoms with E-state index < -0.39 is 28.3 Å². The summed E-state index contributed by atoms with van der Waals surface area (Å²) in [7, 11) is -2.38. The molecule has 2 aromatic carbocycles. The average molecular weight is 547 g/mol. The lowest BCUT2D eigenvalue weighted by atomic mass is 10.0. The highest BCUT2D eigenvalue weighted by molar-refractivity contribution is 7.89. The minimum atomic E-state index is -3.90. The first-order valence-corrected chi connectivity index (χ1v) is 14.7. The van der Waals surface area contributed by atoms with Gasteiger partial charge in [-0.3, -0.25) is 0 Å². The molecule has 1 amide bonds. The topological polar surface area (TPSA) is 114 Å². The summed E-state index contributed by atoms with van der Waals surface area (Å²) in [5.74, 6) is 0.785. The number of nitrogens with zero attached hydrogens (tertiary/aromatic N) is 1. The quantitative estimate of drug-likeness (QED) is 0.420. The van der Waals surface area contributed by atoms with Crippen molar-refractivity contribution in [1.82, 2.24) is 9.62 Å². The van der Waals surface area contributed by atoms with Gasteiger partial charge in [-0.15, -0.1) is 0 Å². The molecule has 208 valence electrons. The summed E-state index contributed by atoms with van der Waals surface area (Å²) in [6, 6.07) is 15.0. The van der Waals surface area contributed by atoms with Gasteiger partial charge in [0, 0.05) is 19.5 Å². The number of benzene rings is 2. The first-order chi connectivity index (χ1) is 18.3. The van der Waals surface area contributed by atoms with Gasteiger partial charge in [0.25, 0.3) is 0 Å². The molecule has 0 spiro atoms. The highest BCUT2D eigenvalue weighted by atomic mass is 32.2. The smallest absolute Gasteiger partial charge is 0.407 e. The van der Waals surface area contributed by atoms with E-state index in [0.717, 1.165) is 31.2 Å². The Kier molecular flexibility index (Phi) is 10.0. The van der Waals surface area contributed by atoms with Crippen LogP contribution < -0.4 is 10.1 Å². The Morgan fingerprint density at radius 1 is 1.11 bits per heavy atom. The van der Waals surface area contributed by atoms with Crippen LogP contribution in [-0.2, 0) is 25.9 Å². The number of carbonyl (C=O) groups is 1. The maximum Gasteiger partial charge on any atom is 0.407 e. The Balaban J connectivity index is 1.54. The molecular formula is C28H38N2O7S. The molecular weight excluding hydrogens is 508 g/mol. The van der Waals surface area contributed by atoms with Crippen molar-refractivity contribution in [3.05, 3.63) is 60.2 Å². The first kappa shape index (κ1) is 28.4. The highest BCUT2D eigenvalue weighted by Crippen LogP contribution is 2.29. The third-order valence-corrected chi connectivity index (χ3v) is 9.10. The lowest BCUT2D eigenvalue weighted by molar-refractivity contribution is 0.0641. The molecule has 1 saturated carbocycles. The van der Waals surface area contributed by atoms with Gasteiger partial charge in [0.15, 0.2) is 0 Å². The number of nitrogens with one attached hydrogen (secondary N) is 1. The normalized spacial score (nSPS) is 19.8. The van der Waals surface area contributed by atoms with E-state index in [0.29, 0.717) is 38.3 Å². The van der Waals surface area contributed by atoms with Crippen LogP contribution in [-0.4, -0.2) is 75.6 Å². The molecule has 2 N–H and O–H groups in total. The third kappa shape index (κ3) is 7.69. The molecule has 1 heterocycles. The maximum atomic E-state index is 13.7. The van der Waals surface area contributed by atoms with E-state index in [1.807, 2.05) is 30.3 Å². The average Bonchev–Trinajstić information content (AvgIpc) is 3.63. The van der Waals surface area contributed by atoms with E-state index in [1.54, 1.807) is 12.1 Å². The van der Waals surface area contributed by atoms with Crippen LogP contribution in [0.5, 0.6) is 5.75 Å². The summed E-state index contributed by atoms with van der Waals surface area (Å²) in [5.41, 5.74) is 0.904. The molecule has 0 bridgehead atoms. The van der Waals surface area contributed by atoms with Gasteiger partial charge in [-0.2, -0.15) is 4.31 Å². The number of aliphatic hydroxyl groups is 1. The number of carbonyl (C=O) groups excluding carboxylic acids is 1. The van der Waals surface area contributed by atoms with Gasteiger partial charge in [-0.05, 0) is 55.0 Å². The Morgan fingerprint density at radius 2 is 1.82 bits per heavy atom. The Labute approximate surface area is 225 Å². The number of hydrogen-bond acceptors (Lipinski definition) is 7. The van der Waals surface area contributed by atoms with E-state index in [-0.39, 0.29) is 23.5 Å². The molecule has 1 unspecified atom stereocenters. The van der Waals surface area contributed by atoms with Crippen molar-refractivity contribution >= 4 is 16.1 Å². The molecule has 38 heavy (non-hydrogen) atoms. The zero-order chi connectivity index (χ0) is 27.0. The van der Waals surface area contributed by atoms with E-state index >= 15 is 0 Å². The van der Waals surface area contributed by atoms with Crippen LogP contribution in [0.3, 0.4) is 0 Å². The zero-order valence-corrected chi connectivity index (χ0v) is 22.6. The number of amides is 1. The van der Waals surface area contributed by atoms with Gasteiger partial charge in [0.1, 0.15) is 11.9 Å². The van der Waals surface area contributed by atoms with Crippen molar-refractivity contribution in [1.29, 1.82) is 0 Å². The largest absolute Gasteiger partial charge is 0.497 e. The summed E-state index contributed by atoms with van der Waals surface area (Å²) in [6.45, 7) is 1.03. The Bertz CT molecular complexity index is 1120. The van der Waals surface area contributed by atoms with E-state index in [1.165, 1.54) is 23.5 Å². The summed E-state index contributed by atoms with van der Waals surface area (Å²) < 4.78 is 44.8. The number of rotatable bonds is 12. The van der Waals surface area contributed by atoms with E-state index in [2.05, 4.69) is 5.32 Å². The van der Waals surface area contributed by atoms with Crippen LogP contribution in [0.2, 0.25) is 0 Å². The predicted octanol–water partition coefficient (Wildman–Crippen LogP) is 3.36. The molecule has 1 aliphatic heterocycles. The monoisotopic (exact) mass is 546 g/mol. The lowest BCUT2D eigenvalue weighted by Gasteiger charge is -2.31. The van der Waals surface area contributed by atoms with Crippen molar-refractivity contribution < 1.29 is 32.5 Å². The summed E-state index contributed by atoms with van der Waals surface area (Å²) in [4.78, 5) is 12.8. The number of ether oxygens (including phenoxy) is 3. The molecule has 1 saturated heterocycles. The third-order valence-electron chi connectivity index (χ3n) is 7.25. The number of sulfonamides is 1.